The van der Waals surface area contributed by atoms with Crippen LogP contribution >= 0.6 is 0 Å². The van der Waals surface area contributed by atoms with Crippen molar-refractivity contribution in [2.24, 2.45) is 5.92 Å². The molecule has 2 nitrogen and oxygen atoms in total. The Morgan fingerprint density at radius 1 is 0.857 bits per heavy atom. The molecule has 0 aromatic carbocycles. The highest BCUT2D eigenvalue weighted by atomic mass is 16.4. The van der Waals surface area contributed by atoms with Gasteiger partial charge in [0, 0.05) is 0 Å². The summed E-state index contributed by atoms with van der Waals surface area (Å²) in [5.41, 5.74) is 0. The predicted octanol–water partition coefficient (Wildman–Crippen LogP) is 2.60. The highest BCUT2D eigenvalue weighted by molar-refractivity contribution is 6.43. The molecule has 0 aliphatic heterocycles. The zero-order chi connectivity index (χ0) is 10.4. The van der Waals surface area contributed by atoms with Crippen molar-refractivity contribution in [3.05, 3.63) is 0 Å². The molecule has 1 rings (SSSR count). The van der Waals surface area contributed by atoms with E-state index in [1.54, 1.807) is 0 Å². The summed E-state index contributed by atoms with van der Waals surface area (Å²) in [6.07, 6.45) is 9.44. The van der Waals surface area contributed by atoms with Crippen LogP contribution in [-0.4, -0.2) is 17.2 Å². The van der Waals surface area contributed by atoms with Gasteiger partial charge >= 0.3 is 7.12 Å². The van der Waals surface area contributed by atoms with E-state index in [0.717, 1.165) is 31.6 Å². The van der Waals surface area contributed by atoms with Crippen LogP contribution in [0.4, 0.5) is 0 Å². The molecule has 0 radical (unpaired) electrons. The normalized spacial score (nSPS) is 31.1. The minimum atomic E-state index is -1.09. The molecule has 1 saturated carbocycles. The Hall–Kier alpha value is -0.0151. The van der Waals surface area contributed by atoms with E-state index in [4.69, 9.17) is 10.0 Å². The fourth-order valence-corrected chi connectivity index (χ4v) is 2.39. The summed E-state index contributed by atoms with van der Waals surface area (Å²) >= 11 is 0. The Bertz CT molecular complexity index is 138. The van der Waals surface area contributed by atoms with Crippen LogP contribution in [0, 0.1) is 5.92 Å². The monoisotopic (exact) mass is 198 g/mol. The van der Waals surface area contributed by atoms with Crippen LogP contribution in [0.3, 0.4) is 0 Å². The summed E-state index contributed by atoms with van der Waals surface area (Å²) in [6.45, 7) is 2.33. The van der Waals surface area contributed by atoms with E-state index in [2.05, 4.69) is 6.92 Å². The summed E-state index contributed by atoms with van der Waals surface area (Å²) in [7, 11) is -1.09. The first-order valence-electron chi connectivity index (χ1n) is 6.06. The molecule has 1 fully saturated rings. The summed E-state index contributed by atoms with van der Waals surface area (Å²) < 4.78 is 0. The van der Waals surface area contributed by atoms with Gasteiger partial charge in [0.25, 0.3) is 0 Å². The molecule has 0 amide bonds. The average molecular weight is 198 g/mol. The van der Waals surface area contributed by atoms with Crippen LogP contribution in [0.15, 0.2) is 0 Å². The van der Waals surface area contributed by atoms with Gasteiger partial charge in [-0.3, -0.25) is 0 Å². The Balaban J connectivity index is 2.31. The molecule has 2 N–H and O–H groups in total. The molecule has 0 spiro atoms. The highest BCUT2D eigenvalue weighted by Gasteiger charge is 2.22. The lowest BCUT2D eigenvalue weighted by atomic mass is 9.67. The van der Waals surface area contributed by atoms with E-state index in [0.29, 0.717) is 0 Å². The van der Waals surface area contributed by atoms with E-state index in [1.165, 1.54) is 25.7 Å². The van der Waals surface area contributed by atoms with E-state index in [9.17, 15) is 0 Å². The Labute approximate surface area is 87.9 Å². The van der Waals surface area contributed by atoms with Gasteiger partial charge in [-0.05, 0) is 11.7 Å². The zero-order valence-electron chi connectivity index (χ0n) is 9.28. The van der Waals surface area contributed by atoms with Crippen molar-refractivity contribution in [1.82, 2.24) is 0 Å². The second-order valence-electron chi connectivity index (χ2n) is 4.85. The lowest BCUT2D eigenvalue weighted by Crippen LogP contribution is -2.20. The minimum absolute atomic E-state index is 0.128. The van der Waals surface area contributed by atoms with Crippen molar-refractivity contribution < 1.29 is 10.0 Å². The van der Waals surface area contributed by atoms with E-state index in [1.807, 2.05) is 0 Å². The van der Waals surface area contributed by atoms with Crippen molar-refractivity contribution in [1.29, 1.82) is 0 Å². The van der Waals surface area contributed by atoms with Gasteiger partial charge in [0.2, 0.25) is 0 Å². The maximum absolute atomic E-state index is 9.16. The standard InChI is InChI=1S/C11H23BO2/c1-10-6-2-4-8-11(12(13)14)9-5-3-7-10/h10-11,13-14H,2-9H2,1H3. The first kappa shape index (κ1) is 12.1. The molecule has 14 heavy (non-hydrogen) atoms. The largest absolute Gasteiger partial charge is 0.454 e. The summed E-state index contributed by atoms with van der Waals surface area (Å²) in [5.74, 6) is 0.994. The van der Waals surface area contributed by atoms with Crippen molar-refractivity contribution in [3.8, 4) is 0 Å². The molecule has 0 unspecified atom stereocenters. The van der Waals surface area contributed by atoms with Crippen LogP contribution in [0.2, 0.25) is 5.82 Å². The molecule has 1 aliphatic rings. The van der Waals surface area contributed by atoms with Crippen LogP contribution in [0.1, 0.15) is 58.3 Å². The summed E-state index contributed by atoms with van der Waals surface area (Å²) in [6, 6.07) is 0. The fraction of sp³-hybridized carbons (Fsp3) is 1.00. The van der Waals surface area contributed by atoms with Crippen molar-refractivity contribution in [3.63, 3.8) is 0 Å². The van der Waals surface area contributed by atoms with Crippen LogP contribution < -0.4 is 0 Å². The highest BCUT2D eigenvalue weighted by Crippen LogP contribution is 2.28. The number of rotatable bonds is 1. The Morgan fingerprint density at radius 2 is 1.29 bits per heavy atom. The summed E-state index contributed by atoms with van der Waals surface area (Å²) in [5, 5.41) is 18.3. The molecule has 0 heterocycles. The summed E-state index contributed by atoms with van der Waals surface area (Å²) in [4.78, 5) is 0. The van der Waals surface area contributed by atoms with Crippen molar-refractivity contribution in [2.45, 2.75) is 64.1 Å². The van der Waals surface area contributed by atoms with Crippen molar-refractivity contribution in [2.75, 3.05) is 0 Å². The zero-order valence-corrected chi connectivity index (χ0v) is 9.28. The van der Waals surface area contributed by atoms with Gasteiger partial charge in [-0.2, -0.15) is 0 Å². The van der Waals surface area contributed by atoms with Crippen molar-refractivity contribution >= 4 is 7.12 Å². The van der Waals surface area contributed by atoms with E-state index < -0.39 is 7.12 Å². The molecular weight excluding hydrogens is 175 g/mol. The van der Waals surface area contributed by atoms with Crippen LogP contribution in [0.25, 0.3) is 0 Å². The molecular formula is C11H23BO2. The van der Waals surface area contributed by atoms with Crippen LogP contribution in [0.5, 0.6) is 0 Å². The Kier molecular flexibility index (Phi) is 5.57. The average Bonchev–Trinajstić information content (AvgIpc) is 2.15. The van der Waals surface area contributed by atoms with E-state index >= 15 is 0 Å². The van der Waals surface area contributed by atoms with Gasteiger partial charge in [-0.25, -0.2) is 0 Å². The SMILES string of the molecule is CC1CCCCC(B(O)O)CCCC1. The third-order valence-corrected chi connectivity index (χ3v) is 3.47. The van der Waals surface area contributed by atoms with E-state index in [-0.39, 0.29) is 5.82 Å². The van der Waals surface area contributed by atoms with Gasteiger partial charge in [0.15, 0.2) is 0 Å². The van der Waals surface area contributed by atoms with Gasteiger partial charge in [0.1, 0.15) is 0 Å². The molecule has 3 heteroatoms. The first-order chi connectivity index (χ1) is 6.70. The first-order valence-corrected chi connectivity index (χ1v) is 6.06. The third-order valence-electron chi connectivity index (χ3n) is 3.47. The molecule has 0 aromatic heterocycles. The van der Waals surface area contributed by atoms with Gasteiger partial charge < -0.3 is 10.0 Å². The quantitative estimate of drug-likeness (QED) is 0.635. The second-order valence-corrected chi connectivity index (χ2v) is 4.85. The predicted molar refractivity (Wildman–Crippen MR) is 60.0 cm³/mol. The number of hydrogen-bond donors (Lipinski definition) is 2. The molecule has 0 saturated heterocycles. The lowest BCUT2D eigenvalue weighted by molar-refractivity contribution is 0.351. The molecule has 0 atom stereocenters. The van der Waals surface area contributed by atoms with Gasteiger partial charge in [-0.1, -0.05) is 58.3 Å². The molecule has 0 bridgehead atoms. The molecule has 1 aliphatic carbocycles. The maximum Gasteiger partial charge on any atom is 0.454 e. The van der Waals surface area contributed by atoms with Gasteiger partial charge in [0.05, 0.1) is 0 Å². The topological polar surface area (TPSA) is 40.5 Å². The van der Waals surface area contributed by atoms with Crippen LogP contribution in [-0.2, 0) is 0 Å². The lowest BCUT2D eigenvalue weighted by Gasteiger charge is -2.19. The fourth-order valence-electron chi connectivity index (χ4n) is 2.39. The number of hydrogen-bond acceptors (Lipinski definition) is 2. The third kappa shape index (κ3) is 4.47. The Morgan fingerprint density at radius 3 is 1.71 bits per heavy atom. The molecule has 0 aromatic rings. The minimum Gasteiger partial charge on any atom is -0.427 e. The smallest absolute Gasteiger partial charge is 0.427 e. The van der Waals surface area contributed by atoms with Gasteiger partial charge in [-0.15, -0.1) is 0 Å². The molecule has 82 valence electrons. The second kappa shape index (κ2) is 6.47. The maximum atomic E-state index is 9.16.